The van der Waals surface area contributed by atoms with Gasteiger partial charge in [-0.15, -0.1) is 0 Å². The molecule has 0 bridgehead atoms. The average Bonchev–Trinajstić information content (AvgIpc) is 2.89. The zero-order valence-corrected chi connectivity index (χ0v) is 14.2. The van der Waals surface area contributed by atoms with E-state index in [1.54, 1.807) is 0 Å². The van der Waals surface area contributed by atoms with Crippen molar-refractivity contribution in [2.75, 3.05) is 6.61 Å². The van der Waals surface area contributed by atoms with E-state index in [0.717, 1.165) is 25.7 Å². The highest BCUT2D eigenvalue weighted by Gasteiger charge is 2.48. The zero-order valence-electron chi connectivity index (χ0n) is 14.2. The maximum Gasteiger partial charge on any atom is 0.0923 e. The summed E-state index contributed by atoms with van der Waals surface area (Å²) >= 11 is 0. The van der Waals surface area contributed by atoms with Crippen LogP contribution in [0, 0.1) is 5.92 Å². The lowest BCUT2D eigenvalue weighted by Gasteiger charge is -2.42. The summed E-state index contributed by atoms with van der Waals surface area (Å²) in [6.45, 7) is 5.08. The van der Waals surface area contributed by atoms with Crippen LogP contribution in [0.5, 0.6) is 0 Å². The number of rotatable bonds is 4. The predicted octanol–water partition coefficient (Wildman–Crippen LogP) is 3.86. The van der Waals surface area contributed by atoms with E-state index >= 15 is 0 Å². The van der Waals surface area contributed by atoms with Gasteiger partial charge in [-0.25, -0.2) is 0 Å². The van der Waals surface area contributed by atoms with Crippen LogP contribution in [0.4, 0.5) is 0 Å². The van der Waals surface area contributed by atoms with Gasteiger partial charge in [0.2, 0.25) is 0 Å². The van der Waals surface area contributed by atoms with Gasteiger partial charge in [-0.1, -0.05) is 42.5 Å². The van der Waals surface area contributed by atoms with Gasteiger partial charge in [0.05, 0.1) is 30.5 Å². The highest BCUT2D eigenvalue weighted by Crippen LogP contribution is 2.45. The van der Waals surface area contributed by atoms with Crippen molar-refractivity contribution < 1.29 is 14.6 Å². The molecular weight excluding hydrogens is 288 g/mol. The zero-order chi connectivity index (χ0) is 16.3. The lowest BCUT2D eigenvalue weighted by Crippen LogP contribution is -2.48. The Morgan fingerprint density at radius 3 is 2.74 bits per heavy atom. The molecule has 1 N–H and O–H groups in total. The summed E-state index contributed by atoms with van der Waals surface area (Å²) in [5, 5.41) is 10.7. The van der Waals surface area contributed by atoms with E-state index in [4.69, 9.17) is 9.47 Å². The van der Waals surface area contributed by atoms with Crippen molar-refractivity contribution in [3.63, 3.8) is 0 Å². The van der Waals surface area contributed by atoms with E-state index in [9.17, 15) is 5.11 Å². The molecule has 0 saturated heterocycles. The maximum absolute atomic E-state index is 10.7. The monoisotopic (exact) mass is 316 g/mol. The number of ether oxygens (including phenoxy) is 2. The van der Waals surface area contributed by atoms with Crippen LogP contribution in [0.2, 0.25) is 0 Å². The first-order valence-electron chi connectivity index (χ1n) is 8.69. The fourth-order valence-electron chi connectivity index (χ4n) is 4.06. The van der Waals surface area contributed by atoms with Gasteiger partial charge in [0.1, 0.15) is 0 Å². The van der Waals surface area contributed by atoms with Gasteiger partial charge >= 0.3 is 0 Å². The summed E-state index contributed by atoms with van der Waals surface area (Å²) in [6.07, 6.45) is 8.32. The minimum absolute atomic E-state index is 0.0528. The van der Waals surface area contributed by atoms with Gasteiger partial charge < -0.3 is 14.6 Å². The van der Waals surface area contributed by atoms with Crippen molar-refractivity contribution in [1.29, 1.82) is 0 Å². The van der Waals surface area contributed by atoms with Crippen molar-refractivity contribution in [2.24, 2.45) is 5.92 Å². The fraction of sp³-hybridized carbons (Fsp3) is 0.600. The summed E-state index contributed by atoms with van der Waals surface area (Å²) in [7, 11) is 0. The van der Waals surface area contributed by atoms with Crippen LogP contribution in [0.25, 0.3) is 0 Å². The van der Waals surface area contributed by atoms with Crippen LogP contribution < -0.4 is 0 Å². The Labute approximate surface area is 139 Å². The van der Waals surface area contributed by atoms with Crippen LogP contribution in [0.15, 0.2) is 42.5 Å². The lowest BCUT2D eigenvalue weighted by atomic mass is 9.73. The number of benzene rings is 1. The van der Waals surface area contributed by atoms with E-state index < -0.39 is 5.60 Å². The second kappa shape index (κ2) is 6.76. The molecule has 1 saturated carbocycles. The molecule has 1 aliphatic carbocycles. The molecule has 0 aromatic heterocycles. The number of hydrogen-bond acceptors (Lipinski definition) is 3. The Kier molecular flexibility index (Phi) is 4.90. The summed E-state index contributed by atoms with van der Waals surface area (Å²) in [6, 6.07) is 10.3. The molecule has 1 aliphatic heterocycles. The molecule has 3 heteroatoms. The van der Waals surface area contributed by atoms with Crippen molar-refractivity contribution in [3.8, 4) is 0 Å². The van der Waals surface area contributed by atoms with Crippen LogP contribution >= 0.6 is 0 Å². The van der Waals surface area contributed by atoms with Crippen molar-refractivity contribution in [2.45, 2.75) is 63.4 Å². The summed E-state index contributed by atoms with van der Waals surface area (Å²) < 4.78 is 12.3. The molecule has 0 radical (unpaired) electrons. The van der Waals surface area contributed by atoms with Crippen molar-refractivity contribution in [1.82, 2.24) is 0 Å². The normalized spacial score (nSPS) is 31.4. The second-order valence-corrected chi connectivity index (χ2v) is 7.42. The van der Waals surface area contributed by atoms with E-state index in [1.165, 1.54) is 5.56 Å². The quantitative estimate of drug-likeness (QED) is 0.857. The molecule has 3 atom stereocenters. The molecule has 1 aromatic carbocycles. The van der Waals surface area contributed by atoms with Gasteiger partial charge in [0.15, 0.2) is 0 Å². The van der Waals surface area contributed by atoms with Crippen LogP contribution in [-0.4, -0.2) is 29.0 Å². The molecule has 1 fully saturated rings. The van der Waals surface area contributed by atoms with Crippen LogP contribution in [-0.2, 0) is 16.1 Å². The lowest BCUT2D eigenvalue weighted by molar-refractivity contribution is -0.118. The largest absolute Gasteiger partial charge is 0.390 e. The Bertz CT molecular complexity index is 532. The molecular formula is C20H28O3. The van der Waals surface area contributed by atoms with Crippen LogP contribution in [0.1, 0.15) is 45.1 Å². The van der Waals surface area contributed by atoms with E-state index in [-0.39, 0.29) is 17.6 Å². The molecule has 3 nitrogen and oxygen atoms in total. The van der Waals surface area contributed by atoms with Crippen molar-refractivity contribution >= 4 is 0 Å². The molecule has 0 amide bonds. The van der Waals surface area contributed by atoms with Gasteiger partial charge in [-0.3, -0.25) is 0 Å². The van der Waals surface area contributed by atoms with Gasteiger partial charge in [-0.05, 0) is 45.1 Å². The first-order chi connectivity index (χ1) is 11.0. The summed E-state index contributed by atoms with van der Waals surface area (Å²) in [5.74, 6) is 0.0528. The SMILES string of the molecule is CC(C)(O)[C@H]1C[C@@H](OCc2ccccc2)CCC[C@]12C=CCO2. The molecule has 3 rings (SSSR count). The molecule has 1 heterocycles. The molecule has 0 unspecified atom stereocenters. The third-order valence-corrected chi connectivity index (χ3v) is 5.21. The maximum atomic E-state index is 10.7. The minimum atomic E-state index is -0.784. The standard InChI is InChI=1S/C20H28O3/c1-19(2,21)18-14-17(22-15-16-8-4-3-5-9-16)10-6-11-20(18)12-7-13-23-20/h3-5,7-9,12,17-18,21H,6,10-11,13-15H2,1-2H3/t17-,18+,20-/m0/s1. The van der Waals surface area contributed by atoms with E-state index in [1.807, 2.05) is 32.0 Å². The second-order valence-electron chi connectivity index (χ2n) is 7.42. The third-order valence-electron chi connectivity index (χ3n) is 5.21. The smallest absolute Gasteiger partial charge is 0.0923 e. The number of aliphatic hydroxyl groups is 1. The van der Waals surface area contributed by atoms with Gasteiger partial charge in [0.25, 0.3) is 0 Å². The van der Waals surface area contributed by atoms with Gasteiger partial charge in [-0.2, -0.15) is 0 Å². The fourth-order valence-corrected chi connectivity index (χ4v) is 4.06. The summed E-state index contributed by atoms with van der Waals surface area (Å²) in [5.41, 5.74) is 0.0968. The molecule has 126 valence electrons. The Morgan fingerprint density at radius 1 is 1.30 bits per heavy atom. The first kappa shape index (κ1) is 16.7. The van der Waals surface area contributed by atoms with E-state index in [0.29, 0.717) is 13.2 Å². The predicted molar refractivity (Wildman–Crippen MR) is 91.1 cm³/mol. The average molecular weight is 316 g/mol. The molecule has 1 spiro atoms. The topological polar surface area (TPSA) is 38.7 Å². The number of hydrogen-bond donors (Lipinski definition) is 1. The summed E-state index contributed by atoms with van der Waals surface area (Å²) in [4.78, 5) is 0. The van der Waals surface area contributed by atoms with Crippen molar-refractivity contribution in [3.05, 3.63) is 48.0 Å². The molecule has 23 heavy (non-hydrogen) atoms. The van der Waals surface area contributed by atoms with Gasteiger partial charge in [0, 0.05) is 5.92 Å². The Hall–Kier alpha value is -1.16. The first-order valence-corrected chi connectivity index (χ1v) is 8.69. The Morgan fingerprint density at radius 2 is 2.09 bits per heavy atom. The third kappa shape index (κ3) is 3.85. The van der Waals surface area contributed by atoms with E-state index in [2.05, 4.69) is 24.3 Å². The highest BCUT2D eigenvalue weighted by atomic mass is 16.5. The Balaban J connectivity index is 1.70. The molecule has 2 aliphatic rings. The minimum Gasteiger partial charge on any atom is -0.390 e. The highest BCUT2D eigenvalue weighted by molar-refractivity contribution is 5.15. The molecule has 1 aromatic rings. The van der Waals surface area contributed by atoms with Crippen LogP contribution in [0.3, 0.4) is 0 Å².